The fraction of sp³-hybridized carbons (Fsp3) is 0.300. The fourth-order valence-electron chi connectivity index (χ4n) is 1.24. The summed E-state index contributed by atoms with van der Waals surface area (Å²) in [6.07, 6.45) is 3.11. The number of amides is 1. The van der Waals surface area contributed by atoms with Crippen LogP contribution in [0.4, 0.5) is 0 Å². The summed E-state index contributed by atoms with van der Waals surface area (Å²) in [5.41, 5.74) is 2.82. The van der Waals surface area contributed by atoms with Gasteiger partial charge >= 0.3 is 0 Å². The molecule has 0 fully saturated rings. The zero-order valence-corrected chi connectivity index (χ0v) is 7.31. The molecule has 0 aliphatic carbocycles. The van der Waals surface area contributed by atoms with E-state index >= 15 is 0 Å². The lowest BCUT2D eigenvalue weighted by atomic mass is 10.0. The molecule has 0 unspecified atom stereocenters. The number of allylic oxidation sites excluding steroid dienone is 3. The molecule has 64 valence electrons. The van der Waals surface area contributed by atoms with Crippen molar-refractivity contribution >= 4 is 5.91 Å². The van der Waals surface area contributed by atoms with Gasteiger partial charge in [-0.05, 0) is 24.5 Å². The van der Waals surface area contributed by atoms with Crippen LogP contribution >= 0.6 is 0 Å². The second kappa shape index (κ2) is 3.39. The zero-order chi connectivity index (χ0) is 9.14. The van der Waals surface area contributed by atoms with Crippen molar-refractivity contribution < 1.29 is 4.79 Å². The van der Waals surface area contributed by atoms with E-state index in [4.69, 9.17) is 0 Å². The first kappa shape index (κ1) is 8.78. The van der Waals surface area contributed by atoms with Gasteiger partial charge < -0.3 is 5.32 Å². The van der Waals surface area contributed by atoms with E-state index in [1.54, 1.807) is 6.08 Å². The molecule has 12 heavy (non-hydrogen) atoms. The molecule has 0 aromatic rings. The summed E-state index contributed by atoms with van der Waals surface area (Å²) < 4.78 is 0. The van der Waals surface area contributed by atoms with Crippen LogP contribution < -0.4 is 5.32 Å². The second-order valence-corrected chi connectivity index (χ2v) is 2.93. The zero-order valence-electron chi connectivity index (χ0n) is 7.31. The van der Waals surface area contributed by atoms with E-state index in [9.17, 15) is 4.79 Å². The first-order valence-electron chi connectivity index (χ1n) is 3.96. The summed E-state index contributed by atoms with van der Waals surface area (Å²) >= 11 is 0. The molecular formula is C10H13NO. The Labute approximate surface area is 72.7 Å². The lowest BCUT2D eigenvalue weighted by molar-refractivity contribution is -0.120. The van der Waals surface area contributed by atoms with Crippen LogP contribution in [0, 0.1) is 0 Å². The third-order valence-electron chi connectivity index (χ3n) is 1.88. The van der Waals surface area contributed by atoms with Crippen LogP contribution in [0.15, 0.2) is 36.1 Å². The maximum absolute atomic E-state index is 11.0. The molecule has 0 aromatic carbocycles. The minimum absolute atomic E-state index is 0.0681. The van der Waals surface area contributed by atoms with E-state index < -0.39 is 0 Å². The molecular weight excluding hydrogens is 150 g/mol. The van der Waals surface area contributed by atoms with Gasteiger partial charge in [0.25, 0.3) is 0 Å². The summed E-state index contributed by atoms with van der Waals surface area (Å²) in [6, 6.07) is 0. The van der Waals surface area contributed by atoms with Crippen molar-refractivity contribution in [3.63, 3.8) is 0 Å². The van der Waals surface area contributed by atoms with Crippen LogP contribution in [0.3, 0.4) is 0 Å². The molecule has 0 radical (unpaired) electrons. The van der Waals surface area contributed by atoms with Crippen LogP contribution in [0.25, 0.3) is 0 Å². The number of hydrogen-bond donors (Lipinski definition) is 1. The molecule has 0 saturated carbocycles. The molecule has 0 aromatic heterocycles. The largest absolute Gasteiger partial charge is 0.326 e. The van der Waals surface area contributed by atoms with Crippen LogP contribution in [0.2, 0.25) is 0 Å². The highest BCUT2D eigenvalue weighted by Crippen LogP contribution is 2.20. The molecule has 0 bridgehead atoms. The number of nitrogens with one attached hydrogen (secondary N) is 1. The van der Waals surface area contributed by atoms with Gasteiger partial charge in [0.1, 0.15) is 0 Å². The predicted octanol–water partition coefficient (Wildman–Crippen LogP) is 1.91. The highest BCUT2D eigenvalue weighted by atomic mass is 16.1. The van der Waals surface area contributed by atoms with Crippen LogP contribution in [0.1, 0.15) is 19.8 Å². The monoisotopic (exact) mass is 163 g/mol. The summed E-state index contributed by atoms with van der Waals surface area (Å²) in [5, 5.41) is 2.79. The summed E-state index contributed by atoms with van der Waals surface area (Å²) in [4.78, 5) is 11.0. The third-order valence-corrected chi connectivity index (χ3v) is 1.88. The Morgan fingerprint density at radius 2 is 2.25 bits per heavy atom. The van der Waals surface area contributed by atoms with Crippen LogP contribution in [-0.4, -0.2) is 5.91 Å². The smallest absolute Gasteiger partial charge is 0.224 e. The van der Waals surface area contributed by atoms with Gasteiger partial charge in [0.2, 0.25) is 5.91 Å². The first-order valence-corrected chi connectivity index (χ1v) is 3.96. The maximum atomic E-state index is 11.0. The minimum atomic E-state index is 0.0681. The van der Waals surface area contributed by atoms with Crippen molar-refractivity contribution in [3.8, 4) is 0 Å². The number of carbonyl (C=O) groups is 1. The Kier molecular flexibility index (Phi) is 2.48. The van der Waals surface area contributed by atoms with Gasteiger partial charge in [-0.15, -0.1) is 0 Å². The second-order valence-electron chi connectivity index (χ2n) is 2.93. The van der Waals surface area contributed by atoms with E-state index in [0.717, 1.165) is 23.3 Å². The van der Waals surface area contributed by atoms with E-state index in [1.165, 1.54) is 0 Å². The van der Waals surface area contributed by atoms with Gasteiger partial charge in [-0.2, -0.15) is 0 Å². The Morgan fingerprint density at radius 1 is 1.58 bits per heavy atom. The normalized spacial score (nSPS) is 17.2. The van der Waals surface area contributed by atoms with E-state index in [-0.39, 0.29) is 5.91 Å². The molecule has 2 nitrogen and oxygen atoms in total. The van der Waals surface area contributed by atoms with Crippen molar-refractivity contribution in [2.45, 2.75) is 19.8 Å². The third kappa shape index (κ3) is 1.64. The Morgan fingerprint density at radius 3 is 2.75 bits per heavy atom. The van der Waals surface area contributed by atoms with Gasteiger partial charge in [0.15, 0.2) is 0 Å². The van der Waals surface area contributed by atoms with E-state index in [0.29, 0.717) is 6.42 Å². The first-order chi connectivity index (χ1) is 5.65. The topological polar surface area (TPSA) is 29.1 Å². The molecule has 0 spiro atoms. The molecule has 1 aliphatic heterocycles. The van der Waals surface area contributed by atoms with Crippen molar-refractivity contribution in [2.75, 3.05) is 0 Å². The molecule has 1 heterocycles. The molecule has 0 saturated heterocycles. The molecule has 0 atom stereocenters. The number of hydrogen-bond acceptors (Lipinski definition) is 1. The van der Waals surface area contributed by atoms with Gasteiger partial charge in [0.05, 0.1) is 0 Å². The highest BCUT2D eigenvalue weighted by Gasteiger charge is 2.15. The molecule has 1 aliphatic rings. The fourth-order valence-corrected chi connectivity index (χ4v) is 1.24. The number of rotatable bonds is 2. The average Bonchev–Trinajstić information content (AvgIpc) is 2.04. The molecule has 2 heteroatoms. The SMILES string of the molecule is C=CC1=C(C(=C)C)NC(=O)CC1. The van der Waals surface area contributed by atoms with Gasteiger partial charge in [-0.3, -0.25) is 4.79 Å². The summed E-state index contributed by atoms with van der Waals surface area (Å²) in [5.74, 6) is 0.0681. The number of carbonyl (C=O) groups excluding carboxylic acids is 1. The van der Waals surface area contributed by atoms with E-state index in [2.05, 4.69) is 18.5 Å². The minimum Gasteiger partial charge on any atom is -0.326 e. The van der Waals surface area contributed by atoms with Gasteiger partial charge in [-0.25, -0.2) is 0 Å². The standard InChI is InChI=1S/C10H13NO/c1-4-8-5-6-9(12)11-10(8)7(2)3/h4H,1-2,5-6H2,3H3,(H,11,12). The maximum Gasteiger partial charge on any atom is 0.224 e. The van der Waals surface area contributed by atoms with E-state index in [1.807, 2.05) is 6.92 Å². The van der Waals surface area contributed by atoms with Crippen molar-refractivity contribution in [2.24, 2.45) is 0 Å². The average molecular weight is 163 g/mol. The lowest BCUT2D eigenvalue weighted by Gasteiger charge is -2.18. The molecule has 1 rings (SSSR count). The van der Waals surface area contributed by atoms with Gasteiger partial charge in [0, 0.05) is 12.1 Å². The summed E-state index contributed by atoms with van der Waals surface area (Å²) in [7, 11) is 0. The van der Waals surface area contributed by atoms with Crippen molar-refractivity contribution in [1.82, 2.24) is 5.32 Å². The summed E-state index contributed by atoms with van der Waals surface area (Å²) in [6.45, 7) is 9.36. The molecule has 1 amide bonds. The Hall–Kier alpha value is -1.31. The van der Waals surface area contributed by atoms with Crippen LogP contribution in [0.5, 0.6) is 0 Å². The Balaban J connectivity index is 2.99. The molecule has 1 N–H and O–H groups in total. The quantitative estimate of drug-likeness (QED) is 0.662. The lowest BCUT2D eigenvalue weighted by Crippen LogP contribution is -2.28. The van der Waals surface area contributed by atoms with Crippen molar-refractivity contribution in [3.05, 3.63) is 36.1 Å². The van der Waals surface area contributed by atoms with Gasteiger partial charge in [-0.1, -0.05) is 19.2 Å². The van der Waals surface area contributed by atoms with Crippen LogP contribution in [-0.2, 0) is 4.79 Å². The predicted molar refractivity (Wildman–Crippen MR) is 49.4 cm³/mol. The Bertz CT molecular complexity index is 274. The highest BCUT2D eigenvalue weighted by molar-refractivity contribution is 5.81. The van der Waals surface area contributed by atoms with Crippen molar-refractivity contribution in [1.29, 1.82) is 0 Å².